The van der Waals surface area contributed by atoms with Crippen molar-refractivity contribution < 1.29 is 13.3 Å². The Morgan fingerprint density at radius 2 is 0.878 bits per heavy atom. The summed E-state index contributed by atoms with van der Waals surface area (Å²) in [5, 5.41) is 6.91. The molecule has 16 rings (SSSR count). The topological polar surface area (TPSA) is 42.7 Å². The molecule has 354 valence electrons. The number of furan rings is 3. The van der Waals surface area contributed by atoms with E-state index in [4.69, 9.17) is 13.3 Å². The van der Waals surface area contributed by atoms with Crippen LogP contribution in [0.3, 0.4) is 0 Å². The van der Waals surface area contributed by atoms with E-state index in [1.165, 1.54) is 83.1 Å². The van der Waals surface area contributed by atoms with Crippen molar-refractivity contribution in [3.05, 3.63) is 221 Å². The largest absolute Gasteiger partial charge is 0.456 e. The quantitative estimate of drug-likeness (QED) is 0.176. The van der Waals surface area contributed by atoms with Gasteiger partial charge in [0.15, 0.2) is 0 Å². The molecule has 10 aromatic carbocycles. The van der Waals surface area contributed by atoms with E-state index in [0.717, 1.165) is 83.2 Å². The van der Waals surface area contributed by atoms with Crippen molar-refractivity contribution in [2.24, 2.45) is 0 Å². The Kier molecular flexibility index (Phi) is 8.01. The molecule has 3 aliphatic rings. The number of para-hydroxylation sites is 4. The molecule has 4 nitrogen and oxygen atoms in total. The first-order valence-electron chi connectivity index (χ1n) is 26.1. The molecule has 0 atom stereocenters. The van der Waals surface area contributed by atoms with Gasteiger partial charge in [0.25, 0.3) is 0 Å². The molecule has 3 aliphatic carbocycles. The number of hydrogen-bond acceptors (Lipinski definition) is 4. The molecule has 4 heteroatoms. The standard InChI is InChI=1S/C70H51NO3/c1-38-18-8-14-24-54(38)71(41-30-33-46-52(36-41)70(6,7)64-60(46)62-48-22-12-17-27-57(48)74-67(62)63-44-20-9-13-23-50(44)69(4,5)65(63)64)40-29-32-45-51(35-40)68(2,3)53-37-49(66-61(59(45)53)47-21-11-16-26-56(47)73-66)39-28-31-43-42-19-10-15-25-55(42)72-58(43)34-39/h8-37H,1-7H3. The van der Waals surface area contributed by atoms with Gasteiger partial charge in [-0.2, -0.15) is 0 Å². The molecule has 74 heavy (non-hydrogen) atoms. The van der Waals surface area contributed by atoms with Gasteiger partial charge in [0.2, 0.25) is 0 Å². The molecule has 0 bridgehead atoms. The zero-order chi connectivity index (χ0) is 49.7. The molecular weight excluding hydrogens is 903 g/mol. The molecule has 0 N–H and O–H groups in total. The van der Waals surface area contributed by atoms with Crippen LogP contribution in [-0.2, 0) is 16.2 Å². The Hall–Kier alpha value is -8.60. The van der Waals surface area contributed by atoms with Crippen LogP contribution in [0, 0.1) is 6.92 Å². The van der Waals surface area contributed by atoms with E-state index in [9.17, 15) is 0 Å². The zero-order valence-electron chi connectivity index (χ0n) is 42.5. The summed E-state index contributed by atoms with van der Waals surface area (Å²) in [6.07, 6.45) is 0. The Morgan fingerprint density at radius 1 is 0.351 bits per heavy atom. The van der Waals surface area contributed by atoms with Crippen LogP contribution in [0.15, 0.2) is 195 Å². The average Bonchev–Trinajstić information content (AvgIpc) is 4.27. The van der Waals surface area contributed by atoms with Gasteiger partial charge in [-0.25, -0.2) is 0 Å². The van der Waals surface area contributed by atoms with Crippen LogP contribution < -0.4 is 4.90 Å². The highest BCUT2D eigenvalue weighted by molar-refractivity contribution is 6.22. The van der Waals surface area contributed by atoms with Crippen LogP contribution in [0.25, 0.3) is 110 Å². The number of fused-ring (bicyclic) bond motifs is 22. The highest BCUT2D eigenvalue weighted by Gasteiger charge is 2.49. The molecule has 3 aromatic heterocycles. The summed E-state index contributed by atoms with van der Waals surface area (Å²) >= 11 is 0. The predicted molar refractivity (Wildman–Crippen MR) is 306 cm³/mol. The van der Waals surface area contributed by atoms with E-state index in [2.05, 4.69) is 223 Å². The third kappa shape index (κ3) is 5.22. The highest BCUT2D eigenvalue weighted by atomic mass is 16.3. The fourth-order valence-electron chi connectivity index (χ4n) is 14.2. The van der Waals surface area contributed by atoms with Crippen molar-refractivity contribution in [3.8, 4) is 44.5 Å². The lowest BCUT2D eigenvalue weighted by atomic mass is 9.72. The van der Waals surface area contributed by atoms with Gasteiger partial charge in [-0.15, -0.1) is 0 Å². The molecule has 0 fully saturated rings. The van der Waals surface area contributed by atoms with Gasteiger partial charge < -0.3 is 18.2 Å². The summed E-state index contributed by atoms with van der Waals surface area (Å²) in [5.41, 5.74) is 27.0. The van der Waals surface area contributed by atoms with Gasteiger partial charge in [-0.05, 0) is 146 Å². The maximum atomic E-state index is 7.00. The Morgan fingerprint density at radius 3 is 1.59 bits per heavy atom. The third-order valence-corrected chi connectivity index (χ3v) is 17.7. The lowest BCUT2D eigenvalue weighted by Crippen LogP contribution is -2.24. The van der Waals surface area contributed by atoms with Crippen molar-refractivity contribution in [1.29, 1.82) is 0 Å². The van der Waals surface area contributed by atoms with Gasteiger partial charge in [0.1, 0.15) is 33.5 Å². The van der Waals surface area contributed by atoms with E-state index in [0.29, 0.717) is 0 Å². The third-order valence-electron chi connectivity index (χ3n) is 17.7. The number of anilines is 3. The molecule has 13 aromatic rings. The summed E-state index contributed by atoms with van der Waals surface area (Å²) in [4.78, 5) is 2.50. The average molecular weight is 954 g/mol. The highest BCUT2D eigenvalue weighted by Crippen LogP contribution is 2.64. The van der Waals surface area contributed by atoms with Crippen molar-refractivity contribution >= 4 is 82.9 Å². The van der Waals surface area contributed by atoms with Crippen molar-refractivity contribution in [1.82, 2.24) is 0 Å². The van der Waals surface area contributed by atoms with E-state index in [1.54, 1.807) is 0 Å². The van der Waals surface area contributed by atoms with E-state index in [1.807, 2.05) is 12.1 Å². The van der Waals surface area contributed by atoms with Gasteiger partial charge in [0.05, 0.1) is 0 Å². The summed E-state index contributed by atoms with van der Waals surface area (Å²) in [7, 11) is 0. The molecule has 0 radical (unpaired) electrons. The lowest BCUT2D eigenvalue weighted by Gasteiger charge is -2.32. The molecule has 0 unspecified atom stereocenters. The van der Waals surface area contributed by atoms with Gasteiger partial charge in [0, 0.05) is 76.8 Å². The number of aryl methyl sites for hydroxylation is 1. The van der Waals surface area contributed by atoms with E-state index < -0.39 is 0 Å². The molecule has 0 amide bonds. The molecular formula is C70H51NO3. The second-order valence-corrected chi connectivity index (χ2v) is 22.8. The number of benzene rings is 10. The smallest absolute Gasteiger partial charge is 0.144 e. The zero-order valence-corrected chi connectivity index (χ0v) is 42.5. The van der Waals surface area contributed by atoms with E-state index in [-0.39, 0.29) is 16.2 Å². The van der Waals surface area contributed by atoms with Gasteiger partial charge in [-0.3, -0.25) is 0 Å². The minimum atomic E-state index is -0.353. The summed E-state index contributed by atoms with van der Waals surface area (Å²) in [6, 6.07) is 66.7. The SMILES string of the molecule is Cc1ccccc1N(c1ccc2c(c1)C(C)(C)c1cc(-c3ccc4c(c3)oc3ccccc34)c3oc4ccccc4c3c1-2)c1ccc2c(c1)C(C)(C)c1c3c(c4oc5ccccc5c4c1-2)-c1ccccc1C3(C)C. The number of nitrogens with zero attached hydrogens (tertiary/aromatic N) is 1. The fraction of sp³-hybridized carbons (Fsp3) is 0.143. The predicted octanol–water partition coefficient (Wildman–Crippen LogP) is 19.7. The number of hydrogen-bond donors (Lipinski definition) is 0. The lowest BCUT2D eigenvalue weighted by molar-refractivity contribution is 0.600. The normalized spacial score (nSPS) is 15.3. The Bertz CT molecular complexity index is 4660. The molecule has 3 heterocycles. The van der Waals surface area contributed by atoms with Crippen molar-refractivity contribution in [2.45, 2.75) is 64.7 Å². The summed E-state index contributed by atoms with van der Waals surface area (Å²) < 4.78 is 20.4. The van der Waals surface area contributed by atoms with Crippen LogP contribution in [0.2, 0.25) is 0 Å². The second kappa shape index (κ2) is 14.1. The molecule has 0 spiro atoms. The number of rotatable bonds is 4. The summed E-state index contributed by atoms with van der Waals surface area (Å²) in [6.45, 7) is 16.7. The Labute approximate surface area is 429 Å². The first-order chi connectivity index (χ1) is 35.9. The Balaban J connectivity index is 0.896. The van der Waals surface area contributed by atoms with Gasteiger partial charge in [-0.1, -0.05) is 157 Å². The minimum Gasteiger partial charge on any atom is -0.456 e. The molecule has 0 saturated heterocycles. The van der Waals surface area contributed by atoms with Crippen molar-refractivity contribution in [3.63, 3.8) is 0 Å². The second-order valence-electron chi connectivity index (χ2n) is 22.8. The summed E-state index contributed by atoms with van der Waals surface area (Å²) in [5.74, 6) is 0. The van der Waals surface area contributed by atoms with Crippen LogP contribution in [0.1, 0.15) is 80.5 Å². The van der Waals surface area contributed by atoms with Crippen LogP contribution in [0.4, 0.5) is 17.1 Å². The van der Waals surface area contributed by atoms with Gasteiger partial charge >= 0.3 is 0 Å². The van der Waals surface area contributed by atoms with Crippen LogP contribution in [-0.4, -0.2) is 0 Å². The maximum Gasteiger partial charge on any atom is 0.144 e. The van der Waals surface area contributed by atoms with E-state index >= 15 is 0 Å². The monoisotopic (exact) mass is 953 g/mol. The molecule has 0 saturated carbocycles. The van der Waals surface area contributed by atoms with Crippen LogP contribution in [0.5, 0.6) is 0 Å². The fourth-order valence-corrected chi connectivity index (χ4v) is 14.2. The first kappa shape index (κ1) is 42.0. The molecule has 0 aliphatic heterocycles. The minimum absolute atomic E-state index is 0.232. The van der Waals surface area contributed by atoms with Crippen molar-refractivity contribution in [2.75, 3.05) is 4.90 Å². The maximum absolute atomic E-state index is 7.00. The van der Waals surface area contributed by atoms with Crippen LogP contribution >= 0.6 is 0 Å². The first-order valence-corrected chi connectivity index (χ1v) is 26.1.